The van der Waals surface area contributed by atoms with Gasteiger partial charge in [-0.1, -0.05) is 0 Å². The monoisotopic (exact) mass is 338 g/mol. The van der Waals surface area contributed by atoms with Crippen molar-refractivity contribution in [3.05, 3.63) is 6.33 Å². The topological polar surface area (TPSA) is 157 Å². The average Bonchev–Trinajstić information content (AvgIpc) is 2.88. The van der Waals surface area contributed by atoms with Crippen molar-refractivity contribution >= 4 is 34.9 Å². The van der Waals surface area contributed by atoms with Crippen LogP contribution in [-0.4, -0.2) is 44.7 Å². The van der Waals surface area contributed by atoms with Crippen LogP contribution in [0, 0.1) is 0 Å². The molecule has 0 saturated heterocycles. The second-order valence-corrected chi connectivity index (χ2v) is 4.77. The quantitative estimate of drug-likeness (QED) is 0.399. The fraction of sp³-hybridized carbons (Fsp3) is 0.462. The first-order valence-corrected chi connectivity index (χ1v) is 7.06. The van der Waals surface area contributed by atoms with Crippen molar-refractivity contribution in [1.82, 2.24) is 19.5 Å². The molecule has 4 N–H and O–H groups in total. The first kappa shape index (κ1) is 17.4. The third kappa shape index (κ3) is 4.29. The van der Waals surface area contributed by atoms with Gasteiger partial charge in [-0.3, -0.25) is 14.2 Å². The molecule has 130 valence electrons. The second-order valence-electron chi connectivity index (χ2n) is 4.77. The van der Waals surface area contributed by atoms with E-state index in [-0.39, 0.29) is 36.6 Å². The van der Waals surface area contributed by atoms with E-state index in [9.17, 15) is 9.59 Å². The van der Waals surface area contributed by atoms with E-state index in [1.165, 1.54) is 24.7 Å². The van der Waals surface area contributed by atoms with E-state index in [1.54, 1.807) is 0 Å². The standard InChI is InChI=1S/C13H18N6O5/c1-7(20)22-4-3-5-23-13(24-8(2)21)19-6-16-9-10(14)17-12(15)18-11(9)19/h6,13H,3-5H2,1-2H3,(H4,14,15,17,18). The molecule has 0 aromatic carbocycles. The number of fused-ring (bicyclic) bond motifs is 1. The summed E-state index contributed by atoms with van der Waals surface area (Å²) in [6, 6.07) is 0. The zero-order chi connectivity index (χ0) is 17.7. The van der Waals surface area contributed by atoms with Crippen LogP contribution in [0.2, 0.25) is 0 Å². The number of carbonyl (C=O) groups excluding carboxylic acids is 2. The molecule has 1 unspecified atom stereocenters. The van der Waals surface area contributed by atoms with Crippen molar-refractivity contribution in [2.45, 2.75) is 26.7 Å². The number of rotatable bonds is 7. The molecule has 2 aromatic rings. The first-order chi connectivity index (χ1) is 11.4. The average molecular weight is 338 g/mol. The van der Waals surface area contributed by atoms with E-state index in [1.807, 2.05) is 0 Å². The normalized spacial score (nSPS) is 12.1. The highest BCUT2D eigenvalue weighted by atomic mass is 16.7. The van der Waals surface area contributed by atoms with Gasteiger partial charge in [0.15, 0.2) is 17.0 Å². The van der Waals surface area contributed by atoms with Crippen LogP contribution in [0.4, 0.5) is 11.8 Å². The molecule has 0 saturated carbocycles. The molecule has 2 aromatic heterocycles. The third-order valence-electron chi connectivity index (χ3n) is 2.81. The summed E-state index contributed by atoms with van der Waals surface area (Å²) in [5.74, 6) is -0.877. The molecule has 0 aliphatic rings. The second kappa shape index (κ2) is 7.55. The van der Waals surface area contributed by atoms with Gasteiger partial charge in [0.05, 0.1) is 13.2 Å². The number of hydrogen-bond acceptors (Lipinski definition) is 10. The van der Waals surface area contributed by atoms with E-state index in [4.69, 9.17) is 25.7 Å². The summed E-state index contributed by atoms with van der Waals surface area (Å²) in [4.78, 5) is 33.9. The summed E-state index contributed by atoms with van der Waals surface area (Å²) in [5, 5.41) is 0. The number of nitrogen functional groups attached to an aromatic ring is 2. The summed E-state index contributed by atoms with van der Waals surface area (Å²) in [6.07, 6.45) is 0.663. The Labute approximate surface area is 136 Å². The van der Waals surface area contributed by atoms with Crippen LogP contribution >= 0.6 is 0 Å². The maximum Gasteiger partial charge on any atom is 0.306 e. The number of carbonyl (C=O) groups is 2. The number of aromatic nitrogens is 4. The van der Waals surface area contributed by atoms with Crippen molar-refractivity contribution in [2.24, 2.45) is 0 Å². The molecule has 0 bridgehead atoms. The molecule has 0 aliphatic carbocycles. The van der Waals surface area contributed by atoms with Gasteiger partial charge in [-0.15, -0.1) is 0 Å². The Bertz CT molecular complexity index is 746. The summed E-state index contributed by atoms with van der Waals surface area (Å²) >= 11 is 0. The molecule has 0 aliphatic heterocycles. The summed E-state index contributed by atoms with van der Waals surface area (Å²) in [7, 11) is 0. The van der Waals surface area contributed by atoms with E-state index in [2.05, 4.69) is 15.0 Å². The number of imidazole rings is 1. The Hall–Kier alpha value is -2.95. The van der Waals surface area contributed by atoms with Gasteiger partial charge in [0.2, 0.25) is 5.95 Å². The highest BCUT2D eigenvalue weighted by Crippen LogP contribution is 2.22. The largest absolute Gasteiger partial charge is 0.466 e. The number of nitrogens with zero attached hydrogens (tertiary/aromatic N) is 4. The van der Waals surface area contributed by atoms with Crippen molar-refractivity contribution in [3.63, 3.8) is 0 Å². The van der Waals surface area contributed by atoms with Crippen molar-refractivity contribution in [3.8, 4) is 0 Å². The van der Waals surface area contributed by atoms with E-state index in [0.29, 0.717) is 11.9 Å². The lowest BCUT2D eigenvalue weighted by Crippen LogP contribution is -2.20. The Balaban J connectivity index is 2.15. The maximum absolute atomic E-state index is 11.3. The van der Waals surface area contributed by atoms with Crippen LogP contribution in [-0.2, 0) is 23.8 Å². The lowest BCUT2D eigenvalue weighted by atomic mass is 10.5. The number of anilines is 2. The number of nitrogens with two attached hydrogens (primary N) is 2. The van der Waals surface area contributed by atoms with Crippen LogP contribution in [0.25, 0.3) is 11.2 Å². The molecule has 24 heavy (non-hydrogen) atoms. The van der Waals surface area contributed by atoms with Crippen LogP contribution in [0.3, 0.4) is 0 Å². The number of hydrogen-bond donors (Lipinski definition) is 2. The minimum Gasteiger partial charge on any atom is -0.466 e. The lowest BCUT2D eigenvalue weighted by Gasteiger charge is -2.19. The molecule has 0 amide bonds. The van der Waals surface area contributed by atoms with E-state index >= 15 is 0 Å². The van der Waals surface area contributed by atoms with E-state index < -0.39 is 12.4 Å². The molecular weight excluding hydrogens is 320 g/mol. The number of ether oxygens (including phenoxy) is 3. The Morgan fingerprint density at radius 2 is 1.96 bits per heavy atom. The zero-order valence-electron chi connectivity index (χ0n) is 13.3. The lowest BCUT2D eigenvalue weighted by molar-refractivity contribution is -0.199. The van der Waals surface area contributed by atoms with Crippen molar-refractivity contribution in [2.75, 3.05) is 24.7 Å². The molecule has 2 rings (SSSR count). The molecule has 1 atom stereocenters. The Morgan fingerprint density at radius 3 is 2.62 bits per heavy atom. The van der Waals surface area contributed by atoms with Crippen LogP contribution in [0.5, 0.6) is 0 Å². The first-order valence-electron chi connectivity index (χ1n) is 7.06. The zero-order valence-corrected chi connectivity index (χ0v) is 13.3. The van der Waals surface area contributed by atoms with Gasteiger partial charge in [0.1, 0.15) is 6.33 Å². The summed E-state index contributed by atoms with van der Waals surface area (Å²) in [5.41, 5.74) is 11.9. The molecule has 0 radical (unpaired) electrons. The smallest absolute Gasteiger partial charge is 0.306 e. The predicted octanol–water partition coefficient (Wildman–Crippen LogP) is -0.0203. The van der Waals surface area contributed by atoms with Crippen molar-refractivity contribution < 1.29 is 23.8 Å². The molecular formula is C13H18N6O5. The van der Waals surface area contributed by atoms with Gasteiger partial charge >= 0.3 is 11.9 Å². The third-order valence-corrected chi connectivity index (χ3v) is 2.81. The SMILES string of the molecule is CC(=O)OCCCOC(OC(C)=O)n1cnc2c(N)nc(N)nc21. The summed E-state index contributed by atoms with van der Waals surface area (Å²) < 4.78 is 16.8. The van der Waals surface area contributed by atoms with Crippen molar-refractivity contribution in [1.29, 1.82) is 0 Å². The highest BCUT2D eigenvalue weighted by Gasteiger charge is 2.20. The minimum atomic E-state index is -1.11. The highest BCUT2D eigenvalue weighted by molar-refractivity contribution is 5.82. The maximum atomic E-state index is 11.3. The molecule has 0 spiro atoms. The number of esters is 2. The van der Waals surface area contributed by atoms with Gasteiger partial charge in [-0.25, -0.2) is 4.98 Å². The van der Waals surface area contributed by atoms with Gasteiger partial charge in [-0.05, 0) is 0 Å². The predicted molar refractivity (Wildman–Crippen MR) is 82.2 cm³/mol. The van der Waals surface area contributed by atoms with Gasteiger partial charge < -0.3 is 25.7 Å². The van der Waals surface area contributed by atoms with Gasteiger partial charge in [-0.2, -0.15) is 9.97 Å². The fourth-order valence-electron chi connectivity index (χ4n) is 1.88. The molecule has 11 nitrogen and oxygen atoms in total. The Kier molecular flexibility index (Phi) is 5.47. The fourth-order valence-corrected chi connectivity index (χ4v) is 1.88. The van der Waals surface area contributed by atoms with Gasteiger partial charge in [0.25, 0.3) is 6.41 Å². The summed E-state index contributed by atoms with van der Waals surface area (Å²) in [6.45, 7) is 2.91. The minimum absolute atomic E-state index is 0.0433. The Morgan fingerprint density at radius 1 is 1.21 bits per heavy atom. The van der Waals surface area contributed by atoms with E-state index in [0.717, 1.165) is 0 Å². The van der Waals surface area contributed by atoms with Gasteiger partial charge in [0, 0.05) is 20.3 Å². The van der Waals surface area contributed by atoms with Crippen LogP contribution < -0.4 is 11.5 Å². The molecule has 0 fully saturated rings. The van der Waals surface area contributed by atoms with Crippen LogP contribution in [0.1, 0.15) is 26.7 Å². The molecule has 11 heteroatoms. The van der Waals surface area contributed by atoms with Crippen LogP contribution in [0.15, 0.2) is 6.33 Å². The molecule has 2 heterocycles.